The zero-order valence-electron chi connectivity index (χ0n) is 10.8. The van der Waals surface area contributed by atoms with Gasteiger partial charge in [-0.2, -0.15) is 0 Å². The Balaban J connectivity index is 2.05. The van der Waals surface area contributed by atoms with Crippen LogP contribution in [0.3, 0.4) is 0 Å². The summed E-state index contributed by atoms with van der Waals surface area (Å²) >= 11 is 6.02. The number of aromatic nitrogens is 1. The van der Waals surface area contributed by atoms with E-state index in [0.29, 0.717) is 16.8 Å². The number of fused-ring (bicyclic) bond motifs is 1. The summed E-state index contributed by atoms with van der Waals surface area (Å²) in [5, 5.41) is 1.23. The number of carbonyl (C=O) groups is 1. The van der Waals surface area contributed by atoms with Gasteiger partial charge in [0.2, 0.25) is 0 Å². The molecule has 0 aliphatic heterocycles. The van der Waals surface area contributed by atoms with E-state index in [-0.39, 0.29) is 5.91 Å². The van der Waals surface area contributed by atoms with E-state index in [1.165, 1.54) is 6.42 Å². The van der Waals surface area contributed by atoms with Crippen molar-refractivity contribution < 1.29 is 4.79 Å². The van der Waals surface area contributed by atoms with Gasteiger partial charge in [-0.25, -0.2) is 4.98 Å². The molecule has 1 aromatic carbocycles. The average molecular weight is 275 g/mol. The molecule has 0 N–H and O–H groups in total. The third-order valence-corrected chi connectivity index (χ3v) is 4.05. The van der Waals surface area contributed by atoms with E-state index in [0.717, 1.165) is 23.7 Å². The summed E-state index contributed by atoms with van der Waals surface area (Å²) in [6.07, 6.45) is 3.40. The maximum Gasteiger partial charge on any atom is 0.254 e. The lowest BCUT2D eigenvalue weighted by Crippen LogP contribution is -2.41. The molecule has 0 atom stereocenters. The van der Waals surface area contributed by atoms with Gasteiger partial charge in [0.05, 0.1) is 11.1 Å². The Hall–Kier alpha value is -1.61. The molecule has 1 fully saturated rings. The van der Waals surface area contributed by atoms with Crippen molar-refractivity contribution in [2.24, 2.45) is 0 Å². The predicted molar refractivity (Wildman–Crippen MR) is 76.5 cm³/mol. The summed E-state index contributed by atoms with van der Waals surface area (Å²) < 4.78 is 0. The Kier molecular flexibility index (Phi) is 3.15. The third-order valence-electron chi connectivity index (χ3n) is 3.86. The number of nitrogens with zero attached hydrogens (tertiary/aromatic N) is 2. The van der Waals surface area contributed by atoms with Crippen LogP contribution in [0.25, 0.3) is 10.9 Å². The first-order valence-electron chi connectivity index (χ1n) is 6.49. The fourth-order valence-electron chi connectivity index (χ4n) is 2.45. The second-order valence-electron chi connectivity index (χ2n) is 5.01. The summed E-state index contributed by atoms with van der Waals surface area (Å²) in [4.78, 5) is 18.7. The van der Waals surface area contributed by atoms with E-state index in [1.807, 2.05) is 36.2 Å². The number of carbonyl (C=O) groups excluding carboxylic acids is 1. The first-order valence-corrected chi connectivity index (χ1v) is 6.87. The fraction of sp³-hybridized carbons (Fsp3) is 0.333. The van der Waals surface area contributed by atoms with E-state index >= 15 is 0 Å². The number of para-hydroxylation sites is 1. The van der Waals surface area contributed by atoms with Gasteiger partial charge in [-0.3, -0.25) is 4.79 Å². The maximum absolute atomic E-state index is 12.6. The van der Waals surface area contributed by atoms with Crippen molar-refractivity contribution in [2.45, 2.75) is 25.3 Å². The smallest absolute Gasteiger partial charge is 0.254 e. The van der Waals surface area contributed by atoms with Gasteiger partial charge in [0.1, 0.15) is 5.15 Å². The molecule has 1 aliphatic rings. The lowest BCUT2D eigenvalue weighted by molar-refractivity contribution is 0.0654. The van der Waals surface area contributed by atoms with Crippen molar-refractivity contribution in [3.05, 3.63) is 41.0 Å². The Morgan fingerprint density at radius 2 is 2.11 bits per heavy atom. The monoisotopic (exact) mass is 274 g/mol. The van der Waals surface area contributed by atoms with Crippen LogP contribution in [0.1, 0.15) is 29.6 Å². The summed E-state index contributed by atoms with van der Waals surface area (Å²) in [6, 6.07) is 9.65. The molecular weight excluding hydrogens is 260 g/mol. The van der Waals surface area contributed by atoms with Crippen molar-refractivity contribution in [3.63, 3.8) is 0 Å². The Bertz CT molecular complexity index is 637. The predicted octanol–water partition coefficient (Wildman–Crippen LogP) is 3.51. The molecule has 3 rings (SSSR count). The van der Waals surface area contributed by atoms with Crippen LogP contribution in [0.2, 0.25) is 5.15 Å². The van der Waals surface area contributed by atoms with Crippen molar-refractivity contribution >= 4 is 28.4 Å². The second-order valence-corrected chi connectivity index (χ2v) is 5.40. The highest BCUT2D eigenvalue weighted by Gasteiger charge is 2.27. The first-order chi connectivity index (χ1) is 9.16. The van der Waals surface area contributed by atoms with Crippen molar-refractivity contribution in [1.29, 1.82) is 0 Å². The van der Waals surface area contributed by atoms with E-state index in [1.54, 1.807) is 6.07 Å². The molecule has 3 nitrogen and oxygen atoms in total. The van der Waals surface area contributed by atoms with E-state index < -0.39 is 0 Å². The minimum absolute atomic E-state index is 0.0326. The Labute approximate surface area is 117 Å². The van der Waals surface area contributed by atoms with Crippen LogP contribution in [0.4, 0.5) is 0 Å². The molecule has 0 bridgehead atoms. The van der Waals surface area contributed by atoms with Crippen LogP contribution in [0, 0.1) is 0 Å². The van der Waals surface area contributed by atoms with E-state index in [4.69, 9.17) is 11.6 Å². The molecule has 4 heteroatoms. The summed E-state index contributed by atoms with van der Waals surface area (Å²) in [7, 11) is 1.87. The van der Waals surface area contributed by atoms with Gasteiger partial charge in [0.15, 0.2) is 0 Å². The minimum atomic E-state index is 0.0326. The second kappa shape index (κ2) is 4.82. The topological polar surface area (TPSA) is 33.2 Å². The quantitative estimate of drug-likeness (QED) is 0.785. The molecule has 0 spiro atoms. The van der Waals surface area contributed by atoms with Crippen molar-refractivity contribution in [1.82, 2.24) is 9.88 Å². The number of hydrogen-bond donors (Lipinski definition) is 0. The number of rotatable bonds is 2. The normalized spacial score (nSPS) is 15.3. The summed E-state index contributed by atoms with van der Waals surface area (Å²) in [5.74, 6) is 0.0326. The molecule has 19 heavy (non-hydrogen) atoms. The molecule has 0 unspecified atom stereocenters. The highest BCUT2D eigenvalue weighted by atomic mass is 35.5. The molecule has 98 valence electrons. The van der Waals surface area contributed by atoms with Crippen molar-refractivity contribution in [2.75, 3.05) is 7.05 Å². The maximum atomic E-state index is 12.6. The van der Waals surface area contributed by atoms with Gasteiger partial charge < -0.3 is 4.90 Å². The molecule has 2 aromatic rings. The van der Waals surface area contributed by atoms with Gasteiger partial charge in [-0.05, 0) is 31.4 Å². The molecule has 1 aromatic heterocycles. The van der Waals surface area contributed by atoms with Crippen LogP contribution in [0.15, 0.2) is 30.3 Å². The highest BCUT2D eigenvalue weighted by molar-refractivity contribution is 6.30. The molecule has 0 saturated heterocycles. The van der Waals surface area contributed by atoms with E-state index in [2.05, 4.69) is 4.98 Å². The van der Waals surface area contributed by atoms with E-state index in [9.17, 15) is 4.79 Å². The largest absolute Gasteiger partial charge is 0.339 e. The Morgan fingerprint density at radius 1 is 1.37 bits per heavy atom. The van der Waals surface area contributed by atoms with Crippen LogP contribution >= 0.6 is 11.6 Å². The number of halogens is 1. The lowest BCUT2D eigenvalue weighted by atomic mass is 9.91. The van der Waals surface area contributed by atoms with Gasteiger partial charge in [0.25, 0.3) is 5.91 Å². The summed E-state index contributed by atoms with van der Waals surface area (Å²) in [5.41, 5.74) is 1.41. The van der Waals surface area contributed by atoms with Crippen LogP contribution in [-0.2, 0) is 0 Å². The number of pyridine rings is 1. The first kappa shape index (κ1) is 12.4. The van der Waals surface area contributed by atoms with Gasteiger partial charge in [-0.15, -0.1) is 0 Å². The number of benzene rings is 1. The van der Waals surface area contributed by atoms with Gasteiger partial charge >= 0.3 is 0 Å². The number of hydrogen-bond acceptors (Lipinski definition) is 2. The van der Waals surface area contributed by atoms with Gasteiger partial charge in [-0.1, -0.05) is 29.8 Å². The highest BCUT2D eigenvalue weighted by Crippen LogP contribution is 2.27. The molecule has 1 aliphatic carbocycles. The molecule has 1 saturated carbocycles. The molecular formula is C15H15ClN2O. The standard InChI is InChI=1S/C15H15ClN2O/c1-18(10-5-4-6-10)15(19)12-9-14(16)17-13-8-3-2-7-11(12)13/h2-3,7-10H,4-6H2,1H3. The van der Waals surface area contributed by atoms with Crippen LogP contribution < -0.4 is 0 Å². The number of amides is 1. The van der Waals surface area contributed by atoms with Crippen LogP contribution in [0.5, 0.6) is 0 Å². The molecule has 0 radical (unpaired) electrons. The summed E-state index contributed by atoms with van der Waals surface area (Å²) in [6.45, 7) is 0. The van der Waals surface area contributed by atoms with Gasteiger partial charge in [0, 0.05) is 18.5 Å². The van der Waals surface area contributed by atoms with Crippen molar-refractivity contribution in [3.8, 4) is 0 Å². The third kappa shape index (κ3) is 2.19. The Morgan fingerprint density at radius 3 is 2.79 bits per heavy atom. The van der Waals surface area contributed by atoms with Crippen LogP contribution in [-0.4, -0.2) is 28.9 Å². The SMILES string of the molecule is CN(C(=O)c1cc(Cl)nc2ccccc12)C1CCC1. The minimum Gasteiger partial charge on any atom is -0.339 e. The molecule has 1 amide bonds. The molecule has 1 heterocycles. The lowest BCUT2D eigenvalue weighted by Gasteiger charge is -2.35. The fourth-order valence-corrected chi connectivity index (χ4v) is 2.65. The zero-order valence-corrected chi connectivity index (χ0v) is 11.5. The average Bonchev–Trinajstić information content (AvgIpc) is 2.34. The zero-order chi connectivity index (χ0) is 13.4.